The SMILES string of the molecule is CC1(C)C(=S)N(c2cccc(C(F)(F)F)c2)C(=NC23CC4CC(CC(C4)C2)C3)[C@@H]1N1CCCCC1. The molecular weight excluding hydrogens is 467 g/mol. The van der Waals surface area contributed by atoms with Crippen molar-refractivity contribution in [1.29, 1.82) is 0 Å². The van der Waals surface area contributed by atoms with Gasteiger partial charge in [0.15, 0.2) is 0 Å². The molecular formula is C28H36F3N3S. The van der Waals surface area contributed by atoms with E-state index in [2.05, 4.69) is 18.7 Å². The van der Waals surface area contributed by atoms with Crippen LogP contribution < -0.4 is 4.90 Å². The highest BCUT2D eigenvalue weighted by Gasteiger charge is 2.56. The number of piperidine rings is 1. The molecule has 190 valence electrons. The molecule has 7 heteroatoms. The van der Waals surface area contributed by atoms with Crippen molar-refractivity contribution in [3.63, 3.8) is 0 Å². The number of amidine groups is 1. The second kappa shape index (κ2) is 8.27. The summed E-state index contributed by atoms with van der Waals surface area (Å²) in [5.41, 5.74) is -0.595. The predicted molar refractivity (Wildman–Crippen MR) is 138 cm³/mol. The first-order valence-corrected chi connectivity index (χ1v) is 13.8. The molecule has 0 N–H and O–H groups in total. The Morgan fingerprint density at radius 1 is 0.943 bits per heavy atom. The average Bonchev–Trinajstić information content (AvgIpc) is 2.97. The van der Waals surface area contributed by atoms with E-state index in [0.29, 0.717) is 10.7 Å². The smallest absolute Gasteiger partial charge is 0.293 e. The third-order valence-corrected chi connectivity index (χ3v) is 10.2. The lowest BCUT2D eigenvalue weighted by Crippen LogP contribution is -2.53. The average molecular weight is 504 g/mol. The van der Waals surface area contributed by atoms with E-state index in [4.69, 9.17) is 17.2 Å². The number of aliphatic imine (C=N–C) groups is 1. The van der Waals surface area contributed by atoms with Gasteiger partial charge in [0.05, 0.1) is 22.1 Å². The first-order valence-electron chi connectivity index (χ1n) is 13.4. The Balaban J connectivity index is 1.48. The molecule has 7 rings (SSSR count). The molecule has 2 aliphatic heterocycles. The number of rotatable bonds is 3. The van der Waals surface area contributed by atoms with E-state index in [1.54, 1.807) is 6.07 Å². The summed E-state index contributed by atoms with van der Waals surface area (Å²) in [4.78, 5) is 10.8. The molecule has 0 spiro atoms. The van der Waals surface area contributed by atoms with Crippen LogP contribution in [0.4, 0.5) is 18.9 Å². The van der Waals surface area contributed by atoms with Crippen LogP contribution in [0.25, 0.3) is 0 Å². The molecule has 4 aliphatic carbocycles. The van der Waals surface area contributed by atoms with Gasteiger partial charge in [0, 0.05) is 11.1 Å². The fourth-order valence-electron chi connectivity index (χ4n) is 8.38. The number of nitrogens with zero attached hydrogens (tertiary/aromatic N) is 3. The van der Waals surface area contributed by atoms with Gasteiger partial charge in [-0.25, -0.2) is 0 Å². The third-order valence-electron chi connectivity index (χ3n) is 9.46. The van der Waals surface area contributed by atoms with Gasteiger partial charge in [0.1, 0.15) is 5.84 Å². The second-order valence-electron chi connectivity index (χ2n) is 12.5. The maximum absolute atomic E-state index is 13.7. The van der Waals surface area contributed by atoms with E-state index in [1.165, 1.54) is 37.8 Å². The molecule has 1 atom stereocenters. The van der Waals surface area contributed by atoms with Gasteiger partial charge in [0.25, 0.3) is 0 Å². The number of anilines is 1. The summed E-state index contributed by atoms with van der Waals surface area (Å²) in [5.74, 6) is 3.16. The van der Waals surface area contributed by atoms with Crippen LogP contribution >= 0.6 is 12.2 Å². The van der Waals surface area contributed by atoms with Gasteiger partial charge >= 0.3 is 6.18 Å². The molecule has 3 nitrogen and oxygen atoms in total. The molecule has 1 aromatic carbocycles. The summed E-state index contributed by atoms with van der Waals surface area (Å²) in [6, 6.07) is 5.68. The summed E-state index contributed by atoms with van der Waals surface area (Å²) >= 11 is 6.07. The largest absolute Gasteiger partial charge is 0.416 e. The summed E-state index contributed by atoms with van der Waals surface area (Å²) in [7, 11) is 0. The van der Waals surface area contributed by atoms with Gasteiger partial charge in [-0.15, -0.1) is 0 Å². The van der Waals surface area contributed by atoms with Gasteiger partial charge in [-0.1, -0.05) is 38.6 Å². The molecule has 4 bridgehead atoms. The lowest BCUT2D eigenvalue weighted by Gasteiger charge is -2.55. The predicted octanol–water partition coefficient (Wildman–Crippen LogP) is 7.10. The normalized spacial score (nSPS) is 38.0. The molecule has 0 radical (unpaired) electrons. The van der Waals surface area contributed by atoms with Crippen molar-refractivity contribution in [3.05, 3.63) is 29.8 Å². The minimum atomic E-state index is -4.39. The standard InChI is InChI=1S/C28H36F3N3S/c1-26(2)23(33-9-4-3-5-10-33)24(32-27-15-18-11-19(16-27)13-20(12-18)17-27)34(25(26)35)22-8-6-7-21(14-22)28(29,30)31/h6-8,14,18-20,23H,3-5,9-13,15-17H2,1-2H3/t18?,19?,20?,23-,27?/m0/s1. The van der Waals surface area contributed by atoms with Crippen molar-refractivity contribution in [1.82, 2.24) is 4.90 Å². The zero-order valence-electron chi connectivity index (χ0n) is 20.8. The number of hydrogen-bond donors (Lipinski definition) is 0. The Labute approximate surface area is 212 Å². The van der Waals surface area contributed by atoms with E-state index >= 15 is 0 Å². The van der Waals surface area contributed by atoms with Gasteiger partial charge in [0.2, 0.25) is 0 Å². The topological polar surface area (TPSA) is 18.8 Å². The van der Waals surface area contributed by atoms with Gasteiger partial charge in [-0.05, 0) is 100 Å². The Bertz CT molecular complexity index is 1000. The van der Waals surface area contributed by atoms with Crippen LogP contribution in [-0.2, 0) is 6.18 Å². The number of hydrogen-bond acceptors (Lipinski definition) is 3. The van der Waals surface area contributed by atoms with Crippen molar-refractivity contribution in [2.45, 2.75) is 89.4 Å². The van der Waals surface area contributed by atoms with Crippen molar-refractivity contribution < 1.29 is 13.2 Å². The minimum absolute atomic E-state index is 0.00199. The van der Waals surface area contributed by atoms with E-state index in [9.17, 15) is 13.2 Å². The zero-order valence-corrected chi connectivity index (χ0v) is 21.6. The summed E-state index contributed by atoms with van der Waals surface area (Å²) in [6.45, 7) is 6.31. The maximum atomic E-state index is 13.7. The van der Waals surface area contributed by atoms with Crippen LogP contribution in [0.1, 0.15) is 77.2 Å². The van der Waals surface area contributed by atoms with E-state index in [1.807, 2.05) is 4.90 Å². The summed E-state index contributed by atoms with van der Waals surface area (Å²) in [6.07, 6.45) is 6.50. The molecule has 2 heterocycles. The van der Waals surface area contributed by atoms with E-state index < -0.39 is 11.7 Å². The van der Waals surface area contributed by atoms with Crippen molar-refractivity contribution >= 4 is 28.7 Å². The summed E-state index contributed by atoms with van der Waals surface area (Å²) < 4.78 is 41.0. The molecule has 0 unspecified atom stereocenters. The van der Waals surface area contributed by atoms with Crippen LogP contribution in [0.15, 0.2) is 29.3 Å². The fraction of sp³-hybridized carbons (Fsp3) is 0.714. The first-order chi connectivity index (χ1) is 16.6. The van der Waals surface area contributed by atoms with Crippen LogP contribution in [0.3, 0.4) is 0 Å². The third kappa shape index (κ3) is 4.05. The number of thiocarbonyl (C=S) groups is 1. The number of likely N-dealkylation sites (tertiary alicyclic amines) is 1. The lowest BCUT2D eigenvalue weighted by molar-refractivity contribution is -0.137. The van der Waals surface area contributed by atoms with Crippen LogP contribution in [-0.4, -0.2) is 40.4 Å². The van der Waals surface area contributed by atoms with Crippen LogP contribution in [0, 0.1) is 23.2 Å². The number of halogens is 3. The molecule has 1 aromatic rings. The molecule has 0 amide bonds. The molecule has 0 aromatic heterocycles. The van der Waals surface area contributed by atoms with Crippen molar-refractivity contribution in [2.24, 2.45) is 28.2 Å². The molecule has 6 aliphatic rings. The highest BCUT2D eigenvalue weighted by atomic mass is 32.1. The maximum Gasteiger partial charge on any atom is 0.416 e. The second-order valence-corrected chi connectivity index (χ2v) is 12.9. The van der Waals surface area contributed by atoms with Crippen molar-refractivity contribution in [2.75, 3.05) is 18.0 Å². The monoisotopic (exact) mass is 503 g/mol. The highest BCUT2D eigenvalue weighted by molar-refractivity contribution is 7.80. The van der Waals surface area contributed by atoms with Gasteiger partial charge in [-0.2, -0.15) is 13.2 Å². The van der Waals surface area contributed by atoms with Crippen molar-refractivity contribution in [3.8, 4) is 0 Å². The number of alkyl halides is 3. The molecule has 35 heavy (non-hydrogen) atoms. The Morgan fingerprint density at radius 2 is 1.54 bits per heavy atom. The van der Waals surface area contributed by atoms with Gasteiger partial charge < -0.3 is 0 Å². The van der Waals surface area contributed by atoms with Gasteiger partial charge in [-0.3, -0.25) is 14.8 Å². The quantitative estimate of drug-likeness (QED) is 0.410. The number of benzene rings is 1. The molecule has 4 saturated carbocycles. The zero-order chi connectivity index (χ0) is 24.6. The Hall–Kier alpha value is -1.47. The van der Waals surface area contributed by atoms with Crippen LogP contribution in [0.2, 0.25) is 0 Å². The highest BCUT2D eigenvalue weighted by Crippen LogP contribution is 2.58. The fourth-order valence-corrected chi connectivity index (χ4v) is 8.69. The first kappa shape index (κ1) is 23.9. The van der Waals surface area contributed by atoms with Crippen LogP contribution in [0.5, 0.6) is 0 Å². The summed E-state index contributed by atoms with van der Waals surface area (Å²) in [5, 5.41) is 0. The Morgan fingerprint density at radius 3 is 2.11 bits per heavy atom. The lowest BCUT2D eigenvalue weighted by atomic mass is 9.53. The molecule has 6 fully saturated rings. The molecule has 2 saturated heterocycles. The minimum Gasteiger partial charge on any atom is -0.293 e. The van der Waals surface area contributed by atoms with E-state index in [0.717, 1.165) is 74.8 Å². The Kier molecular flexibility index (Phi) is 5.65. The van der Waals surface area contributed by atoms with E-state index in [-0.39, 0.29) is 17.0 Å².